The van der Waals surface area contributed by atoms with Crippen molar-refractivity contribution in [1.82, 2.24) is 25.4 Å². The average molecular weight is 926 g/mol. The van der Waals surface area contributed by atoms with Gasteiger partial charge in [0.2, 0.25) is 17.7 Å². The van der Waals surface area contributed by atoms with Gasteiger partial charge in [-0.1, -0.05) is 38.1 Å². The smallest absolute Gasteiger partial charge is 0.419 e. The maximum atomic E-state index is 14.4. The van der Waals surface area contributed by atoms with Gasteiger partial charge in [-0.2, -0.15) is 13.2 Å². The molecule has 2 saturated heterocycles. The molecule has 2 atom stereocenters. The molecule has 3 aliphatic heterocycles. The van der Waals surface area contributed by atoms with Gasteiger partial charge in [-0.3, -0.25) is 34.2 Å². The van der Waals surface area contributed by atoms with E-state index in [0.29, 0.717) is 55.0 Å². The van der Waals surface area contributed by atoms with E-state index in [1.54, 1.807) is 56.0 Å². The number of anilines is 3. The minimum atomic E-state index is -4.72. The number of hydrogen-bond donors (Lipinski definition) is 4. The van der Waals surface area contributed by atoms with E-state index < -0.39 is 59.1 Å². The lowest BCUT2D eigenvalue weighted by Gasteiger charge is -2.32. The number of halogens is 3. The molecule has 67 heavy (non-hydrogen) atoms. The summed E-state index contributed by atoms with van der Waals surface area (Å²) in [6.45, 7) is 9.74. The zero-order valence-electron chi connectivity index (χ0n) is 37.9. The number of alkyl halides is 3. The third-order valence-electron chi connectivity index (χ3n) is 11.7. The number of pyridine rings is 1. The number of amides is 6. The summed E-state index contributed by atoms with van der Waals surface area (Å²) in [4.78, 5) is 83.6. The quantitative estimate of drug-likeness (QED) is 0.0897. The standard InChI is InChI=1S/C49H54F3N7O8/c1-28(2)23-34(56-47(65)67-48(3,4)5)27-66-39-15-11-31(24-36(39)49(50,51)52)32-17-20-53-40(25-32)55-33-12-9-29(10-13-33)30-18-21-58(22-19-30)42(61)26-54-37-8-6-7-35-43(37)46(64)59(45(35)63)38-14-16-41(60)57-44(38)62/h6-13,15,17,20,24-25,28,30,34,38,54H,14,16,18-19,21-23,26-27H2,1-5H3,(H,53,55)(H,56,65)(H,57,60,62)/t34-,38?/m0/s1. The van der Waals surface area contributed by atoms with E-state index >= 15 is 0 Å². The van der Waals surface area contributed by atoms with Crippen LogP contribution in [0.5, 0.6) is 5.75 Å². The van der Waals surface area contributed by atoms with E-state index in [4.69, 9.17) is 9.47 Å². The Balaban J connectivity index is 0.924. The highest BCUT2D eigenvalue weighted by Crippen LogP contribution is 2.40. The maximum Gasteiger partial charge on any atom is 0.419 e. The fraction of sp³-hybridized carbons (Fsp3) is 0.408. The number of imide groups is 2. The van der Waals surface area contributed by atoms with Crippen LogP contribution in [0.15, 0.2) is 79.0 Å². The zero-order valence-corrected chi connectivity index (χ0v) is 37.9. The fourth-order valence-corrected chi connectivity index (χ4v) is 8.53. The molecule has 0 aliphatic carbocycles. The molecule has 0 radical (unpaired) electrons. The average Bonchev–Trinajstić information content (AvgIpc) is 3.52. The predicted molar refractivity (Wildman–Crippen MR) is 243 cm³/mol. The molecule has 4 heterocycles. The topological polar surface area (TPSA) is 188 Å². The first-order valence-electron chi connectivity index (χ1n) is 22.3. The van der Waals surface area contributed by atoms with Crippen LogP contribution in [0.4, 0.5) is 35.2 Å². The summed E-state index contributed by atoms with van der Waals surface area (Å²) in [7, 11) is 0. The lowest BCUT2D eigenvalue weighted by atomic mass is 9.89. The summed E-state index contributed by atoms with van der Waals surface area (Å²) in [5, 5.41) is 11.2. The fourth-order valence-electron chi connectivity index (χ4n) is 8.53. The van der Waals surface area contributed by atoms with Gasteiger partial charge >= 0.3 is 12.3 Å². The van der Waals surface area contributed by atoms with Crippen molar-refractivity contribution in [3.05, 3.63) is 101 Å². The highest BCUT2D eigenvalue weighted by molar-refractivity contribution is 6.25. The van der Waals surface area contributed by atoms with Gasteiger partial charge in [-0.15, -0.1) is 0 Å². The predicted octanol–water partition coefficient (Wildman–Crippen LogP) is 8.05. The number of benzene rings is 3. The second-order valence-corrected chi connectivity index (χ2v) is 18.4. The summed E-state index contributed by atoms with van der Waals surface area (Å²) in [5.74, 6) is -2.25. The maximum absolute atomic E-state index is 14.4. The number of alkyl carbamates (subject to hydrolysis) is 1. The number of ether oxygens (including phenoxy) is 2. The molecule has 0 spiro atoms. The zero-order chi connectivity index (χ0) is 48.2. The number of aromatic nitrogens is 1. The van der Waals surface area contributed by atoms with Crippen LogP contribution < -0.4 is 26.0 Å². The second kappa shape index (κ2) is 19.9. The number of hydrogen-bond acceptors (Lipinski definition) is 11. The summed E-state index contributed by atoms with van der Waals surface area (Å²) >= 11 is 0. The second-order valence-electron chi connectivity index (χ2n) is 18.4. The number of likely N-dealkylation sites (tertiary alicyclic amines) is 1. The summed E-state index contributed by atoms with van der Waals surface area (Å²) in [5.41, 5.74) is 1.42. The van der Waals surface area contributed by atoms with Gasteiger partial charge in [0, 0.05) is 37.1 Å². The lowest BCUT2D eigenvalue weighted by Crippen LogP contribution is -2.54. The van der Waals surface area contributed by atoms with Gasteiger partial charge in [-0.05, 0) is 124 Å². The van der Waals surface area contributed by atoms with Crippen LogP contribution in [0.1, 0.15) is 104 Å². The number of nitrogens with one attached hydrogen (secondary N) is 4. The normalized spacial score (nSPS) is 17.2. The van der Waals surface area contributed by atoms with Crippen LogP contribution in [-0.4, -0.2) is 94.3 Å². The van der Waals surface area contributed by atoms with Crippen molar-refractivity contribution in [3.63, 3.8) is 0 Å². The van der Waals surface area contributed by atoms with Crippen molar-refractivity contribution >= 4 is 52.8 Å². The molecule has 0 saturated carbocycles. The first-order chi connectivity index (χ1) is 31.7. The molecule has 4 aromatic rings. The molecule has 7 rings (SSSR count). The first-order valence-corrected chi connectivity index (χ1v) is 22.3. The molecule has 4 N–H and O–H groups in total. The Bertz CT molecular complexity index is 2530. The summed E-state index contributed by atoms with van der Waals surface area (Å²) in [6, 6.07) is 17.9. The van der Waals surface area contributed by atoms with Crippen LogP contribution in [0.2, 0.25) is 0 Å². The van der Waals surface area contributed by atoms with Crippen molar-refractivity contribution in [2.45, 2.75) is 96.5 Å². The highest BCUT2D eigenvalue weighted by Gasteiger charge is 2.46. The number of rotatable bonds is 14. The molecule has 354 valence electrons. The molecule has 3 aliphatic rings. The molecule has 1 unspecified atom stereocenters. The summed E-state index contributed by atoms with van der Waals surface area (Å²) < 4.78 is 54.4. The van der Waals surface area contributed by atoms with Crippen LogP contribution in [0.3, 0.4) is 0 Å². The number of piperidine rings is 2. The molecule has 6 amide bonds. The highest BCUT2D eigenvalue weighted by atomic mass is 19.4. The molecule has 2 fully saturated rings. The third-order valence-corrected chi connectivity index (χ3v) is 11.7. The van der Waals surface area contributed by atoms with Crippen LogP contribution >= 0.6 is 0 Å². The van der Waals surface area contributed by atoms with E-state index in [1.165, 1.54) is 18.3 Å². The lowest BCUT2D eigenvalue weighted by molar-refractivity contribution is -0.139. The van der Waals surface area contributed by atoms with Gasteiger partial charge in [0.05, 0.1) is 29.3 Å². The van der Waals surface area contributed by atoms with E-state index in [1.807, 2.05) is 38.1 Å². The monoisotopic (exact) mass is 925 g/mol. The largest absolute Gasteiger partial charge is 0.491 e. The minimum absolute atomic E-state index is 0.00812. The van der Waals surface area contributed by atoms with Gasteiger partial charge in [0.15, 0.2) is 0 Å². The number of carbonyl (C=O) groups is 6. The Kier molecular flexibility index (Phi) is 14.2. The van der Waals surface area contributed by atoms with Gasteiger partial charge in [-0.25, -0.2) is 9.78 Å². The Hall–Kier alpha value is -6.98. The van der Waals surface area contributed by atoms with Gasteiger partial charge in [0.1, 0.15) is 29.8 Å². The molecule has 18 heteroatoms. The molecular formula is C49H54F3N7O8. The molecule has 15 nitrogen and oxygen atoms in total. The van der Waals surface area contributed by atoms with Crippen molar-refractivity contribution in [3.8, 4) is 16.9 Å². The van der Waals surface area contributed by atoms with Crippen LogP contribution in [0, 0.1) is 5.92 Å². The molecule has 1 aromatic heterocycles. The Morgan fingerprint density at radius 2 is 1.61 bits per heavy atom. The van der Waals surface area contributed by atoms with Crippen molar-refractivity contribution in [2.24, 2.45) is 5.92 Å². The Labute approximate surface area is 386 Å². The van der Waals surface area contributed by atoms with Crippen molar-refractivity contribution < 1.29 is 51.4 Å². The van der Waals surface area contributed by atoms with Crippen LogP contribution in [-0.2, 0) is 25.3 Å². The Morgan fingerprint density at radius 1 is 0.896 bits per heavy atom. The first kappa shape index (κ1) is 48.0. The number of nitrogens with zero attached hydrogens (tertiary/aromatic N) is 3. The molecule has 3 aromatic carbocycles. The van der Waals surface area contributed by atoms with E-state index in [0.717, 1.165) is 22.2 Å². The summed E-state index contributed by atoms with van der Waals surface area (Å²) in [6.07, 6.45) is -1.96. The van der Waals surface area contributed by atoms with Gasteiger partial charge in [0.25, 0.3) is 11.8 Å². The van der Waals surface area contributed by atoms with Gasteiger partial charge < -0.3 is 30.3 Å². The molecular weight excluding hydrogens is 872 g/mol. The van der Waals surface area contributed by atoms with Crippen LogP contribution in [0.25, 0.3) is 11.1 Å². The third kappa shape index (κ3) is 11.7. The van der Waals surface area contributed by atoms with E-state index in [9.17, 15) is 41.9 Å². The number of fused-ring (bicyclic) bond motifs is 1. The van der Waals surface area contributed by atoms with Crippen molar-refractivity contribution in [1.29, 1.82) is 0 Å². The Morgan fingerprint density at radius 3 is 2.28 bits per heavy atom. The van der Waals surface area contributed by atoms with E-state index in [-0.39, 0.29) is 60.6 Å². The minimum Gasteiger partial charge on any atom is -0.491 e. The van der Waals surface area contributed by atoms with E-state index in [2.05, 4.69) is 26.3 Å². The van der Waals surface area contributed by atoms with Crippen molar-refractivity contribution in [2.75, 3.05) is 36.9 Å². The SMILES string of the molecule is CC(C)C[C@@H](COc1ccc(-c2ccnc(Nc3ccc(C4CCN(C(=O)CNc5cccc6c5C(=O)N(C5CCC(=O)NC5=O)C6=O)CC4)cc3)c2)cc1C(F)(F)F)NC(=O)OC(C)(C)C. The molecule has 0 bridgehead atoms. The number of carbonyl (C=O) groups excluding carboxylic acids is 6.